The van der Waals surface area contributed by atoms with E-state index in [1.165, 1.54) is 0 Å². The number of halogens is 4. The Balaban J connectivity index is 2.86. The smallest absolute Gasteiger partial charge is 0.245 e. The Morgan fingerprint density at radius 3 is 2.00 bits per heavy atom. The average molecular weight is 465 g/mol. The van der Waals surface area contributed by atoms with E-state index in [0.29, 0.717) is 17.2 Å². The third kappa shape index (κ3) is 4.10. The molecule has 0 fully saturated rings. The van der Waals surface area contributed by atoms with Gasteiger partial charge in [0.1, 0.15) is 5.82 Å². The van der Waals surface area contributed by atoms with Crippen LogP contribution in [-0.4, -0.2) is 43.7 Å². The summed E-state index contributed by atoms with van der Waals surface area (Å²) in [6, 6.07) is 1.83. The van der Waals surface area contributed by atoms with E-state index in [1.807, 2.05) is 0 Å². The predicted molar refractivity (Wildman–Crippen MR) is 96.0 cm³/mol. The molecule has 0 aliphatic heterocycles. The summed E-state index contributed by atoms with van der Waals surface area (Å²) in [5.74, 6) is -0.342. The first-order valence-corrected chi connectivity index (χ1v) is 11.3. The van der Waals surface area contributed by atoms with Crippen molar-refractivity contribution in [1.82, 2.24) is 14.3 Å². The normalized spacial score (nSPS) is 12.6. The molecule has 0 aliphatic carbocycles. The highest BCUT2D eigenvalue weighted by Gasteiger charge is 2.31. The molecule has 9 nitrogen and oxygen atoms in total. The van der Waals surface area contributed by atoms with E-state index in [0.717, 1.165) is 19.1 Å². The van der Waals surface area contributed by atoms with Crippen LogP contribution in [0.3, 0.4) is 0 Å². The monoisotopic (exact) mass is 464 g/mol. The van der Waals surface area contributed by atoms with Gasteiger partial charge in [0.2, 0.25) is 20.0 Å². The molecule has 2 aromatic rings. The number of hydrogen-bond acceptors (Lipinski definition) is 6. The van der Waals surface area contributed by atoms with E-state index >= 15 is 0 Å². The van der Waals surface area contributed by atoms with Crippen molar-refractivity contribution in [2.75, 3.05) is 16.2 Å². The van der Waals surface area contributed by atoms with E-state index in [9.17, 15) is 30.4 Å². The average Bonchev–Trinajstić information content (AvgIpc) is 2.73. The number of alkyl halides is 2. The van der Waals surface area contributed by atoms with Gasteiger partial charge in [-0.05, 0) is 19.1 Å². The lowest BCUT2D eigenvalue weighted by atomic mass is 10.3. The molecule has 0 saturated carbocycles. The molecule has 0 spiro atoms. The Hall–Kier alpha value is -1.70. The number of rotatable bonds is 5. The molecule has 1 heterocycles. The molecule has 0 radical (unpaired) electrons. The summed E-state index contributed by atoms with van der Waals surface area (Å²) >= 11 is 11.9. The van der Waals surface area contributed by atoms with Gasteiger partial charge in [0.25, 0.3) is 0 Å². The maximum absolute atomic E-state index is 13.0. The SMILES string of the molecule is Cc1nn(-c2cc(N(S(C)(=O)=O)S(C)(=O)=O)c(Cl)cc2Cl)c(=O)n1C(F)F. The van der Waals surface area contributed by atoms with Gasteiger partial charge in [-0.1, -0.05) is 23.2 Å². The largest absolute Gasteiger partial charge is 0.355 e. The lowest BCUT2D eigenvalue weighted by Gasteiger charge is -2.21. The summed E-state index contributed by atoms with van der Waals surface area (Å²) in [6.45, 7) is -2.03. The van der Waals surface area contributed by atoms with Gasteiger partial charge in [-0.15, -0.1) is 5.10 Å². The maximum Gasteiger partial charge on any atom is 0.355 e. The standard InChI is InChI=1S/C12H12Cl2F2N4O5S2/c1-6-17-19(12(21)18(6)11(15)16)9-5-10(8(14)4-7(9)13)20(26(2,22)23)27(3,24)25/h4-5,11H,1-3H3. The van der Waals surface area contributed by atoms with Crippen LogP contribution in [0.4, 0.5) is 14.5 Å². The summed E-state index contributed by atoms with van der Waals surface area (Å²) < 4.78 is 74.4. The number of aromatic nitrogens is 3. The maximum atomic E-state index is 13.0. The second-order valence-electron chi connectivity index (χ2n) is 5.37. The topological polar surface area (TPSA) is 111 Å². The zero-order valence-electron chi connectivity index (χ0n) is 13.9. The van der Waals surface area contributed by atoms with Crippen LogP contribution >= 0.6 is 23.2 Å². The van der Waals surface area contributed by atoms with Crippen LogP contribution in [0.25, 0.3) is 5.69 Å². The van der Waals surface area contributed by atoms with E-state index in [-0.39, 0.29) is 29.8 Å². The van der Waals surface area contributed by atoms with Crippen molar-refractivity contribution in [2.45, 2.75) is 13.5 Å². The molecule has 0 unspecified atom stereocenters. The van der Waals surface area contributed by atoms with Gasteiger partial charge in [-0.3, -0.25) is 0 Å². The molecule has 1 aromatic carbocycles. The molecule has 0 aliphatic rings. The van der Waals surface area contributed by atoms with Gasteiger partial charge in [-0.25, -0.2) is 26.2 Å². The van der Waals surface area contributed by atoms with E-state index < -0.39 is 38.0 Å². The van der Waals surface area contributed by atoms with Crippen molar-refractivity contribution >= 4 is 48.9 Å². The van der Waals surface area contributed by atoms with Crippen molar-refractivity contribution in [1.29, 1.82) is 0 Å². The van der Waals surface area contributed by atoms with Gasteiger partial charge < -0.3 is 0 Å². The van der Waals surface area contributed by atoms with Crippen LogP contribution in [0.5, 0.6) is 0 Å². The van der Waals surface area contributed by atoms with Crippen LogP contribution in [0.2, 0.25) is 10.0 Å². The highest BCUT2D eigenvalue weighted by Crippen LogP contribution is 2.35. The third-order valence-corrected chi connectivity index (χ3v) is 7.05. The second-order valence-corrected chi connectivity index (χ2v) is 10.1. The fraction of sp³-hybridized carbons (Fsp3) is 0.333. The van der Waals surface area contributed by atoms with Gasteiger partial charge in [-0.2, -0.15) is 17.2 Å². The summed E-state index contributed by atoms with van der Waals surface area (Å²) in [7, 11) is -8.70. The first kappa shape index (κ1) is 21.6. The summed E-state index contributed by atoms with van der Waals surface area (Å²) in [5, 5.41) is 3.05. The fourth-order valence-corrected chi connectivity index (χ4v) is 5.92. The van der Waals surface area contributed by atoms with E-state index in [2.05, 4.69) is 5.10 Å². The lowest BCUT2D eigenvalue weighted by Crippen LogP contribution is -2.35. The van der Waals surface area contributed by atoms with Crippen LogP contribution in [0.15, 0.2) is 16.9 Å². The Morgan fingerprint density at radius 1 is 1.07 bits per heavy atom. The number of anilines is 1. The van der Waals surface area contributed by atoms with Gasteiger partial charge in [0.05, 0.1) is 33.9 Å². The molecule has 0 bridgehead atoms. The van der Waals surface area contributed by atoms with E-state index in [1.54, 1.807) is 0 Å². The highest BCUT2D eigenvalue weighted by molar-refractivity contribution is 8.09. The minimum absolute atomic E-state index is 0.0319. The minimum atomic E-state index is -4.35. The van der Waals surface area contributed by atoms with E-state index in [4.69, 9.17) is 23.2 Å². The van der Waals surface area contributed by atoms with Gasteiger partial charge >= 0.3 is 12.2 Å². The third-order valence-electron chi connectivity index (χ3n) is 3.22. The molecule has 2 rings (SSSR count). The molecule has 0 amide bonds. The first-order chi connectivity index (χ1) is 12.2. The highest BCUT2D eigenvalue weighted by atomic mass is 35.5. The zero-order valence-corrected chi connectivity index (χ0v) is 17.0. The predicted octanol–water partition coefficient (Wildman–Crippen LogP) is 1.77. The van der Waals surface area contributed by atoms with Crippen molar-refractivity contribution in [3.63, 3.8) is 0 Å². The van der Waals surface area contributed by atoms with Crippen molar-refractivity contribution in [2.24, 2.45) is 0 Å². The number of benzene rings is 1. The number of nitrogens with zero attached hydrogens (tertiary/aromatic N) is 4. The Morgan fingerprint density at radius 2 is 1.59 bits per heavy atom. The molecule has 1 aromatic heterocycles. The molecule has 27 heavy (non-hydrogen) atoms. The molecule has 0 atom stereocenters. The van der Waals surface area contributed by atoms with Gasteiger partial charge in [0, 0.05) is 0 Å². The van der Waals surface area contributed by atoms with Crippen LogP contribution in [0, 0.1) is 6.92 Å². The molecular weight excluding hydrogens is 453 g/mol. The summed E-state index contributed by atoms with van der Waals surface area (Å²) in [5.41, 5.74) is -2.14. The Bertz CT molecular complexity index is 1140. The summed E-state index contributed by atoms with van der Waals surface area (Å²) in [4.78, 5) is 12.2. The number of aryl methyl sites for hydroxylation is 1. The molecule has 0 saturated heterocycles. The molecule has 0 N–H and O–H groups in total. The lowest BCUT2D eigenvalue weighted by molar-refractivity contribution is 0.0640. The second kappa shape index (κ2) is 7.04. The Labute approximate surface area is 162 Å². The van der Waals surface area contributed by atoms with Crippen molar-refractivity contribution in [3.05, 3.63) is 38.5 Å². The molecule has 15 heteroatoms. The van der Waals surface area contributed by atoms with Crippen molar-refractivity contribution in [3.8, 4) is 5.69 Å². The summed E-state index contributed by atoms with van der Waals surface area (Å²) in [6.07, 6.45) is 1.25. The van der Waals surface area contributed by atoms with Crippen LogP contribution in [-0.2, 0) is 20.0 Å². The first-order valence-electron chi connectivity index (χ1n) is 6.82. The molecular formula is C12H12Cl2F2N4O5S2. The van der Waals surface area contributed by atoms with Gasteiger partial charge in [0.15, 0.2) is 0 Å². The number of sulfonamides is 2. The van der Waals surface area contributed by atoms with Crippen LogP contribution < -0.4 is 9.40 Å². The van der Waals surface area contributed by atoms with Crippen molar-refractivity contribution < 1.29 is 25.6 Å². The minimum Gasteiger partial charge on any atom is -0.245 e. The number of hydrogen-bond donors (Lipinski definition) is 0. The van der Waals surface area contributed by atoms with Crippen LogP contribution in [0.1, 0.15) is 12.4 Å². The molecule has 150 valence electrons. The zero-order chi connectivity index (χ0) is 20.9. The quantitative estimate of drug-likeness (QED) is 0.666. The fourth-order valence-electron chi connectivity index (χ4n) is 2.29. The Kier molecular flexibility index (Phi) is 5.63.